The smallest absolute Gasteiger partial charge is 0.330 e. The van der Waals surface area contributed by atoms with Crippen molar-refractivity contribution in [2.45, 2.75) is 91.3 Å². The van der Waals surface area contributed by atoms with Crippen molar-refractivity contribution < 1.29 is 9.39 Å². The van der Waals surface area contributed by atoms with Crippen LogP contribution in [0.4, 0.5) is 0 Å². The van der Waals surface area contributed by atoms with Gasteiger partial charge < -0.3 is 9.39 Å². The van der Waals surface area contributed by atoms with Gasteiger partial charge >= 0.3 is 7.48 Å². The van der Waals surface area contributed by atoms with Crippen molar-refractivity contribution in [1.29, 1.82) is 0 Å². The van der Waals surface area contributed by atoms with Gasteiger partial charge in [-0.25, -0.2) is 0 Å². The highest BCUT2D eigenvalue weighted by molar-refractivity contribution is 6.47. The molecule has 0 aliphatic rings. The Bertz CT molecular complexity index is 1080. The van der Waals surface area contributed by atoms with E-state index in [4.69, 9.17) is 9.39 Å². The minimum atomic E-state index is -0.499. The van der Waals surface area contributed by atoms with Crippen LogP contribution in [-0.4, -0.2) is 25.8 Å². The van der Waals surface area contributed by atoms with Gasteiger partial charge in [0.05, 0.1) is 11.2 Å². The molecule has 0 saturated carbocycles. The third kappa shape index (κ3) is 6.49. The molecule has 0 unspecified atom stereocenters. The standard InChI is InChI=1S/C33H44BO2/c1-30(2,3)27-16-12-23(13-17-27)25-20-26(24-14-18-28(19-15-24)31(4,5)6)22-29(21-25)34-36-33(9,10)32(7,8)35-11/h12-22H,1-11H3. The first-order chi connectivity index (χ1) is 16.5. The van der Waals surface area contributed by atoms with Crippen molar-refractivity contribution >= 4 is 12.9 Å². The average Bonchev–Trinajstić information content (AvgIpc) is 2.81. The van der Waals surface area contributed by atoms with Gasteiger partial charge in [0.2, 0.25) is 0 Å². The molecule has 1 radical (unpaired) electrons. The van der Waals surface area contributed by atoms with Gasteiger partial charge in [0.15, 0.2) is 0 Å². The van der Waals surface area contributed by atoms with E-state index in [1.807, 2.05) is 7.48 Å². The van der Waals surface area contributed by atoms with E-state index in [2.05, 4.69) is 136 Å². The van der Waals surface area contributed by atoms with Gasteiger partial charge in [0.1, 0.15) is 0 Å². The second-order valence-electron chi connectivity index (χ2n) is 13.0. The van der Waals surface area contributed by atoms with Crippen LogP contribution in [-0.2, 0) is 20.2 Å². The first-order valence-corrected chi connectivity index (χ1v) is 13.0. The highest BCUT2D eigenvalue weighted by Gasteiger charge is 2.38. The summed E-state index contributed by atoms with van der Waals surface area (Å²) >= 11 is 0. The number of rotatable bonds is 7. The lowest BCUT2D eigenvalue weighted by Crippen LogP contribution is -2.50. The van der Waals surface area contributed by atoms with Crippen molar-refractivity contribution in [2.75, 3.05) is 7.11 Å². The van der Waals surface area contributed by atoms with Crippen molar-refractivity contribution in [3.63, 3.8) is 0 Å². The Balaban J connectivity index is 2.03. The summed E-state index contributed by atoms with van der Waals surface area (Å²) in [7, 11) is 3.60. The summed E-state index contributed by atoms with van der Waals surface area (Å²) in [6.07, 6.45) is 0. The molecular formula is C33H44BO2. The Morgan fingerprint density at radius 2 is 0.889 bits per heavy atom. The third-order valence-electron chi connectivity index (χ3n) is 7.57. The molecule has 3 aromatic rings. The van der Waals surface area contributed by atoms with Gasteiger partial charge in [-0.15, -0.1) is 0 Å². The number of hydrogen-bond acceptors (Lipinski definition) is 2. The molecule has 0 aliphatic carbocycles. The molecule has 2 nitrogen and oxygen atoms in total. The summed E-state index contributed by atoms with van der Waals surface area (Å²) in [5.74, 6) is 0. The topological polar surface area (TPSA) is 18.5 Å². The fourth-order valence-electron chi connectivity index (χ4n) is 3.98. The molecule has 0 amide bonds. The summed E-state index contributed by atoms with van der Waals surface area (Å²) < 4.78 is 12.0. The highest BCUT2D eigenvalue weighted by Crippen LogP contribution is 2.31. The fourth-order valence-corrected chi connectivity index (χ4v) is 3.98. The third-order valence-corrected chi connectivity index (χ3v) is 7.57. The van der Waals surface area contributed by atoms with Crippen LogP contribution in [0.1, 0.15) is 80.4 Å². The van der Waals surface area contributed by atoms with Gasteiger partial charge in [0, 0.05) is 7.11 Å². The monoisotopic (exact) mass is 483 g/mol. The molecule has 0 spiro atoms. The quantitative estimate of drug-likeness (QED) is 0.316. The zero-order chi connectivity index (χ0) is 26.9. The lowest BCUT2D eigenvalue weighted by molar-refractivity contribution is -0.114. The van der Waals surface area contributed by atoms with Gasteiger partial charge in [0.25, 0.3) is 0 Å². The molecule has 0 atom stereocenters. The molecule has 3 heteroatoms. The minimum Gasteiger partial charge on any atom is -0.427 e. The lowest BCUT2D eigenvalue weighted by Gasteiger charge is -2.40. The second-order valence-corrected chi connectivity index (χ2v) is 13.0. The van der Waals surface area contributed by atoms with Gasteiger partial charge in [-0.05, 0) is 78.0 Å². The van der Waals surface area contributed by atoms with E-state index in [9.17, 15) is 0 Å². The molecule has 36 heavy (non-hydrogen) atoms. The minimum absolute atomic E-state index is 0.127. The fraction of sp³-hybridized carbons (Fsp3) is 0.455. The molecule has 3 rings (SSSR count). The maximum Gasteiger partial charge on any atom is 0.330 e. The van der Waals surface area contributed by atoms with Crippen LogP contribution in [0.5, 0.6) is 0 Å². The van der Waals surface area contributed by atoms with Crippen LogP contribution >= 0.6 is 0 Å². The normalized spacial score (nSPS) is 13.1. The number of benzene rings is 3. The van der Waals surface area contributed by atoms with Crippen LogP contribution in [0.3, 0.4) is 0 Å². The molecule has 0 fully saturated rings. The number of ether oxygens (including phenoxy) is 1. The van der Waals surface area contributed by atoms with E-state index in [0.29, 0.717) is 0 Å². The van der Waals surface area contributed by atoms with Crippen LogP contribution in [0.25, 0.3) is 22.3 Å². The van der Waals surface area contributed by atoms with Crippen molar-refractivity contribution in [3.8, 4) is 22.3 Å². The van der Waals surface area contributed by atoms with Gasteiger partial charge in [-0.2, -0.15) is 0 Å². The molecule has 0 aromatic heterocycles. The molecule has 0 aliphatic heterocycles. The average molecular weight is 484 g/mol. The Morgan fingerprint density at radius 1 is 0.500 bits per heavy atom. The summed E-state index contributed by atoms with van der Waals surface area (Å²) in [4.78, 5) is 0. The first-order valence-electron chi connectivity index (χ1n) is 13.0. The van der Waals surface area contributed by atoms with E-state index in [0.717, 1.165) is 5.46 Å². The van der Waals surface area contributed by atoms with E-state index in [-0.39, 0.29) is 10.8 Å². The maximum absolute atomic E-state index is 6.33. The maximum atomic E-state index is 6.33. The van der Waals surface area contributed by atoms with E-state index in [1.165, 1.54) is 33.4 Å². The zero-order valence-electron chi connectivity index (χ0n) is 24.2. The molecule has 0 N–H and O–H groups in total. The van der Waals surface area contributed by atoms with Crippen LogP contribution in [0.2, 0.25) is 0 Å². The van der Waals surface area contributed by atoms with Crippen molar-refractivity contribution in [1.82, 2.24) is 0 Å². The Kier molecular flexibility index (Phi) is 7.99. The summed E-state index contributed by atoms with van der Waals surface area (Å²) in [6.45, 7) is 21.7. The lowest BCUT2D eigenvalue weighted by atomic mass is 9.79. The summed E-state index contributed by atoms with van der Waals surface area (Å²) in [5, 5.41) is 0. The zero-order valence-corrected chi connectivity index (χ0v) is 24.2. The summed E-state index contributed by atoms with van der Waals surface area (Å²) in [5.41, 5.74) is 7.75. The molecule has 0 heterocycles. The molecule has 191 valence electrons. The van der Waals surface area contributed by atoms with E-state index >= 15 is 0 Å². The largest absolute Gasteiger partial charge is 0.427 e. The Labute approximate surface area is 220 Å². The van der Waals surface area contributed by atoms with Gasteiger partial charge in [-0.3, -0.25) is 0 Å². The van der Waals surface area contributed by atoms with Crippen LogP contribution in [0, 0.1) is 0 Å². The highest BCUT2D eigenvalue weighted by atomic mass is 16.5. The van der Waals surface area contributed by atoms with Crippen molar-refractivity contribution in [3.05, 3.63) is 77.9 Å². The van der Waals surface area contributed by atoms with Gasteiger partial charge in [-0.1, -0.05) is 108 Å². The molecule has 0 bridgehead atoms. The predicted molar refractivity (Wildman–Crippen MR) is 156 cm³/mol. The number of methoxy groups -OCH3 is 1. The molecule has 0 saturated heterocycles. The first kappa shape index (κ1) is 28.2. The van der Waals surface area contributed by atoms with E-state index in [1.54, 1.807) is 7.11 Å². The Morgan fingerprint density at radius 3 is 1.22 bits per heavy atom. The number of hydrogen-bond donors (Lipinski definition) is 0. The van der Waals surface area contributed by atoms with Crippen molar-refractivity contribution in [2.24, 2.45) is 0 Å². The van der Waals surface area contributed by atoms with Crippen LogP contribution < -0.4 is 5.46 Å². The second kappa shape index (κ2) is 10.2. The molecular weight excluding hydrogens is 439 g/mol. The Hall–Kier alpha value is -2.36. The van der Waals surface area contributed by atoms with E-state index < -0.39 is 11.2 Å². The SMILES string of the molecule is COC(C)(C)C(C)(C)O[B]c1cc(-c2ccc(C(C)(C)C)cc2)cc(-c2ccc(C(C)(C)C)cc2)c1. The summed E-state index contributed by atoms with van der Waals surface area (Å²) in [6, 6.07) is 24.6. The predicted octanol–water partition coefficient (Wildman–Crippen LogP) is 8.08. The van der Waals surface area contributed by atoms with Crippen LogP contribution in [0.15, 0.2) is 66.7 Å². The molecule has 3 aromatic carbocycles.